The van der Waals surface area contributed by atoms with Gasteiger partial charge in [-0.25, -0.2) is 4.79 Å². The van der Waals surface area contributed by atoms with Crippen molar-refractivity contribution in [3.05, 3.63) is 70.3 Å². The van der Waals surface area contributed by atoms with Gasteiger partial charge in [0.2, 0.25) is 17.7 Å². The SMILES string of the molecule is CC(C)(C)OC(=O)N[C@H](Cc1ccccc1)C(=O)N1CCCC[C@H]1C(=O)N[C@@H](CCCN=C(N)N)C(=O)Nc1ccc([N+](=O)[O-])cc1. The number of nitrogens with zero attached hydrogens (tertiary/aromatic N) is 3. The van der Waals surface area contributed by atoms with Crippen molar-refractivity contribution in [2.45, 2.75) is 83.0 Å². The molecule has 3 rings (SSSR count). The van der Waals surface area contributed by atoms with Gasteiger partial charge < -0.3 is 37.1 Å². The largest absolute Gasteiger partial charge is 0.444 e. The van der Waals surface area contributed by atoms with E-state index in [0.717, 1.165) is 5.56 Å². The maximum atomic E-state index is 14.0. The summed E-state index contributed by atoms with van der Waals surface area (Å²) in [7, 11) is 0. The molecular weight excluding hydrogens is 608 g/mol. The number of ether oxygens (including phenoxy) is 1. The minimum atomic E-state index is -1.04. The zero-order valence-corrected chi connectivity index (χ0v) is 26.9. The number of nitrogens with one attached hydrogen (secondary N) is 3. The second-order valence-corrected chi connectivity index (χ2v) is 12.2. The molecule has 2 aromatic rings. The monoisotopic (exact) mass is 652 g/mol. The molecule has 2 aromatic carbocycles. The number of guanidine groups is 1. The molecule has 1 aliphatic rings. The van der Waals surface area contributed by atoms with Crippen LogP contribution in [0.5, 0.6) is 0 Å². The fraction of sp³-hybridized carbons (Fsp3) is 0.469. The molecule has 0 saturated carbocycles. The van der Waals surface area contributed by atoms with Gasteiger partial charge in [-0.05, 0) is 70.6 Å². The summed E-state index contributed by atoms with van der Waals surface area (Å²) in [5.41, 5.74) is 11.0. The predicted octanol–water partition coefficient (Wildman–Crippen LogP) is 2.59. The number of nitro groups is 1. The van der Waals surface area contributed by atoms with Crippen LogP contribution < -0.4 is 27.4 Å². The van der Waals surface area contributed by atoms with Gasteiger partial charge in [0.25, 0.3) is 5.69 Å². The summed E-state index contributed by atoms with van der Waals surface area (Å²) in [5.74, 6) is -1.64. The molecule has 7 N–H and O–H groups in total. The molecule has 3 atom stereocenters. The molecule has 254 valence electrons. The molecule has 15 heteroatoms. The van der Waals surface area contributed by atoms with Gasteiger partial charge in [-0.2, -0.15) is 0 Å². The molecule has 1 fully saturated rings. The van der Waals surface area contributed by atoms with Crippen LogP contribution in [-0.2, 0) is 25.5 Å². The highest BCUT2D eigenvalue weighted by Crippen LogP contribution is 2.21. The third-order valence-corrected chi connectivity index (χ3v) is 7.28. The summed E-state index contributed by atoms with van der Waals surface area (Å²) < 4.78 is 5.42. The van der Waals surface area contributed by atoms with E-state index in [0.29, 0.717) is 31.4 Å². The average molecular weight is 653 g/mol. The number of non-ortho nitro benzene ring substituents is 1. The van der Waals surface area contributed by atoms with Gasteiger partial charge in [-0.15, -0.1) is 0 Å². The molecule has 15 nitrogen and oxygen atoms in total. The lowest BCUT2D eigenvalue weighted by molar-refractivity contribution is -0.384. The maximum absolute atomic E-state index is 14.0. The Hall–Kier alpha value is -5.21. The quantitative estimate of drug-likeness (QED) is 0.0704. The lowest BCUT2D eigenvalue weighted by Gasteiger charge is -2.37. The minimum Gasteiger partial charge on any atom is -0.444 e. The lowest BCUT2D eigenvalue weighted by atomic mass is 9.97. The van der Waals surface area contributed by atoms with Gasteiger partial charge in [-0.1, -0.05) is 30.3 Å². The average Bonchev–Trinajstić information content (AvgIpc) is 3.01. The molecule has 47 heavy (non-hydrogen) atoms. The summed E-state index contributed by atoms with van der Waals surface area (Å²) in [4.78, 5) is 69.8. The number of nitrogens with two attached hydrogens (primary N) is 2. The van der Waals surface area contributed by atoms with Gasteiger partial charge in [0.05, 0.1) is 4.92 Å². The van der Waals surface area contributed by atoms with Crippen molar-refractivity contribution >= 4 is 41.1 Å². The van der Waals surface area contributed by atoms with Crippen LogP contribution in [0.25, 0.3) is 0 Å². The van der Waals surface area contributed by atoms with E-state index in [-0.39, 0.29) is 37.6 Å². The molecule has 0 bridgehead atoms. The second kappa shape index (κ2) is 16.9. The Morgan fingerprint density at radius 2 is 1.70 bits per heavy atom. The maximum Gasteiger partial charge on any atom is 0.408 e. The summed E-state index contributed by atoms with van der Waals surface area (Å²) in [6.07, 6.45) is 1.62. The van der Waals surface area contributed by atoms with Crippen molar-refractivity contribution in [2.75, 3.05) is 18.4 Å². The smallest absolute Gasteiger partial charge is 0.408 e. The molecule has 0 aliphatic carbocycles. The Balaban J connectivity index is 1.80. The number of anilines is 1. The van der Waals surface area contributed by atoms with Crippen LogP contribution in [0.3, 0.4) is 0 Å². The van der Waals surface area contributed by atoms with Crippen molar-refractivity contribution in [3.63, 3.8) is 0 Å². The Morgan fingerprint density at radius 3 is 2.32 bits per heavy atom. The zero-order chi connectivity index (χ0) is 34.6. The third kappa shape index (κ3) is 11.9. The number of hydrogen-bond donors (Lipinski definition) is 5. The first-order valence-electron chi connectivity index (χ1n) is 15.5. The number of rotatable bonds is 13. The third-order valence-electron chi connectivity index (χ3n) is 7.28. The van der Waals surface area contributed by atoms with Crippen LogP contribution in [-0.4, -0.2) is 76.4 Å². The molecule has 0 radical (unpaired) electrons. The summed E-state index contributed by atoms with van der Waals surface area (Å²) in [5, 5.41) is 19.2. The molecule has 0 unspecified atom stereocenters. The van der Waals surface area contributed by atoms with Crippen molar-refractivity contribution in [3.8, 4) is 0 Å². The fourth-order valence-electron chi connectivity index (χ4n) is 5.10. The van der Waals surface area contributed by atoms with Gasteiger partial charge in [0, 0.05) is 37.3 Å². The van der Waals surface area contributed by atoms with Gasteiger partial charge >= 0.3 is 6.09 Å². The van der Waals surface area contributed by atoms with Crippen LogP contribution in [0.2, 0.25) is 0 Å². The molecule has 0 aromatic heterocycles. The molecular formula is C32H44N8O7. The summed E-state index contributed by atoms with van der Waals surface area (Å²) >= 11 is 0. The van der Waals surface area contributed by atoms with Crippen molar-refractivity contribution in [1.29, 1.82) is 0 Å². The number of piperidine rings is 1. The number of hydrogen-bond acceptors (Lipinski definition) is 8. The van der Waals surface area contributed by atoms with Crippen molar-refractivity contribution in [2.24, 2.45) is 16.5 Å². The molecule has 1 aliphatic heterocycles. The number of aliphatic imine (C=N–C) groups is 1. The first-order chi connectivity index (χ1) is 22.2. The Kier molecular flexibility index (Phi) is 13.0. The van der Waals surface area contributed by atoms with E-state index in [2.05, 4.69) is 20.9 Å². The highest BCUT2D eigenvalue weighted by atomic mass is 16.6. The number of likely N-dealkylation sites (tertiary alicyclic amines) is 1. The van der Waals surface area contributed by atoms with E-state index in [1.54, 1.807) is 20.8 Å². The fourth-order valence-corrected chi connectivity index (χ4v) is 5.10. The number of alkyl carbamates (subject to hydrolysis) is 1. The Morgan fingerprint density at radius 1 is 1.02 bits per heavy atom. The van der Waals surface area contributed by atoms with E-state index in [9.17, 15) is 29.3 Å². The van der Waals surface area contributed by atoms with Crippen LogP contribution in [0.1, 0.15) is 58.4 Å². The topological polar surface area (TPSA) is 224 Å². The summed E-state index contributed by atoms with van der Waals surface area (Å²) in [6, 6.07) is 11.5. The number of carbonyl (C=O) groups is 4. The standard InChI is InChI=1S/C32H44N8O7/c1-32(2,3)47-31(44)38-25(20-21-10-5-4-6-11-21)29(43)39-19-8-7-13-26(39)28(42)37-24(12-9-18-35-30(33)34)27(41)36-22-14-16-23(17-15-22)40(45)46/h4-6,10-11,14-17,24-26H,7-9,12-13,18-20H2,1-3H3,(H,36,41)(H,37,42)(H,38,44)(H4,33,34,35)/t24-,25+,26-/m0/s1. The minimum absolute atomic E-state index is 0.109. The first kappa shape index (κ1) is 36.3. The number of amides is 4. The first-order valence-corrected chi connectivity index (χ1v) is 15.5. The Bertz CT molecular complexity index is 1420. The molecule has 1 heterocycles. The van der Waals surface area contributed by atoms with E-state index < -0.39 is 52.5 Å². The van der Waals surface area contributed by atoms with E-state index in [1.807, 2.05) is 30.3 Å². The molecule has 4 amide bonds. The number of nitro benzene ring substituents is 1. The lowest BCUT2D eigenvalue weighted by Crippen LogP contribution is -2.59. The highest BCUT2D eigenvalue weighted by Gasteiger charge is 2.38. The van der Waals surface area contributed by atoms with E-state index >= 15 is 0 Å². The van der Waals surface area contributed by atoms with Crippen LogP contribution >= 0.6 is 0 Å². The van der Waals surface area contributed by atoms with Crippen molar-refractivity contribution in [1.82, 2.24) is 15.5 Å². The molecule has 1 saturated heterocycles. The number of carbonyl (C=O) groups excluding carboxylic acids is 4. The van der Waals surface area contributed by atoms with E-state index in [1.165, 1.54) is 29.2 Å². The van der Waals surface area contributed by atoms with Crippen molar-refractivity contribution < 1.29 is 28.8 Å². The predicted molar refractivity (Wildman–Crippen MR) is 176 cm³/mol. The van der Waals surface area contributed by atoms with Gasteiger partial charge in [-0.3, -0.25) is 29.5 Å². The Labute approximate surface area is 273 Å². The van der Waals surface area contributed by atoms with Gasteiger partial charge in [0.15, 0.2) is 5.96 Å². The summed E-state index contributed by atoms with van der Waals surface area (Å²) in [6.45, 7) is 5.65. The second-order valence-electron chi connectivity index (χ2n) is 12.2. The highest BCUT2D eigenvalue weighted by molar-refractivity contribution is 5.99. The van der Waals surface area contributed by atoms with Gasteiger partial charge in [0.1, 0.15) is 23.7 Å². The van der Waals surface area contributed by atoms with Crippen LogP contribution in [0.4, 0.5) is 16.2 Å². The molecule has 0 spiro atoms. The van der Waals surface area contributed by atoms with Crippen LogP contribution in [0.15, 0.2) is 59.6 Å². The zero-order valence-electron chi connectivity index (χ0n) is 26.9. The normalized spacial score (nSPS) is 15.8. The number of benzene rings is 2. The van der Waals surface area contributed by atoms with Crippen LogP contribution in [0, 0.1) is 10.1 Å². The van der Waals surface area contributed by atoms with E-state index in [4.69, 9.17) is 16.2 Å².